The summed E-state index contributed by atoms with van der Waals surface area (Å²) in [5.41, 5.74) is 0. The van der Waals surface area contributed by atoms with Crippen LogP contribution >= 0.6 is 11.6 Å². The smallest absolute Gasteiger partial charge is 0.212 e. The molecule has 0 aromatic heterocycles. The highest BCUT2D eigenvalue weighted by atomic mass is 35.5. The lowest BCUT2D eigenvalue weighted by Crippen LogP contribution is -2.37. The van der Waals surface area contributed by atoms with Crippen molar-refractivity contribution in [3.05, 3.63) is 0 Å². The molecule has 0 saturated heterocycles. The Morgan fingerprint density at radius 1 is 1.56 bits per heavy atom. The zero-order chi connectivity index (χ0) is 12.2. The minimum Gasteiger partial charge on any atom is -0.212 e. The third-order valence-corrected chi connectivity index (χ3v) is 5.23. The van der Waals surface area contributed by atoms with Gasteiger partial charge in [0.2, 0.25) is 10.0 Å². The van der Waals surface area contributed by atoms with Gasteiger partial charge in [-0.2, -0.15) is 9.57 Å². The highest BCUT2D eigenvalue weighted by molar-refractivity contribution is 7.89. The fraction of sp³-hybridized carbons (Fsp3) is 0.900. The summed E-state index contributed by atoms with van der Waals surface area (Å²) < 4.78 is 25.6. The minimum atomic E-state index is -3.24. The number of rotatable bonds is 7. The van der Waals surface area contributed by atoms with Crippen LogP contribution in [0, 0.1) is 17.2 Å². The van der Waals surface area contributed by atoms with Gasteiger partial charge in [0.25, 0.3) is 0 Å². The number of halogens is 1. The van der Waals surface area contributed by atoms with E-state index in [0.717, 1.165) is 12.8 Å². The maximum atomic E-state index is 12.0. The van der Waals surface area contributed by atoms with Crippen LogP contribution in [0.15, 0.2) is 0 Å². The van der Waals surface area contributed by atoms with Crippen molar-refractivity contribution < 1.29 is 8.42 Å². The molecule has 0 bridgehead atoms. The second-order valence-corrected chi connectivity index (χ2v) is 6.56. The lowest BCUT2D eigenvalue weighted by Gasteiger charge is -2.22. The normalized spacial score (nSPS) is 18.4. The number of hydrogen-bond donors (Lipinski definition) is 0. The van der Waals surface area contributed by atoms with E-state index in [1.165, 1.54) is 4.31 Å². The molecule has 0 aromatic carbocycles. The Balaban J connectivity index is 2.65. The molecule has 0 aliphatic heterocycles. The van der Waals surface area contributed by atoms with E-state index < -0.39 is 10.0 Å². The molecule has 6 heteroatoms. The fourth-order valence-corrected chi connectivity index (χ4v) is 3.87. The second-order valence-electron chi connectivity index (χ2n) is 4.29. The number of alkyl halides is 1. The molecule has 4 nitrogen and oxygen atoms in total. The molecule has 0 amide bonds. The van der Waals surface area contributed by atoms with Gasteiger partial charge in [-0.1, -0.05) is 6.92 Å². The van der Waals surface area contributed by atoms with E-state index in [1.807, 2.05) is 13.0 Å². The molecular weight excluding hydrogens is 248 g/mol. The molecule has 1 unspecified atom stereocenters. The molecule has 1 saturated carbocycles. The van der Waals surface area contributed by atoms with Crippen molar-refractivity contribution in [1.29, 1.82) is 5.26 Å². The minimum absolute atomic E-state index is 0.0463. The first-order valence-electron chi connectivity index (χ1n) is 5.43. The first kappa shape index (κ1) is 13.8. The summed E-state index contributed by atoms with van der Waals surface area (Å²) in [6.07, 6.45) is 2.09. The van der Waals surface area contributed by atoms with Gasteiger partial charge < -0.3 is 0 Å². The predicted molar refractivity (Wildman–Crippen MR) is 63.6 cm³/mol. The first-order valence-corrected chi connectivity index (χ1v) is 7.58. The van der Waals surface area contributed by atoms with Crippen LogP contribution in [0.25, 0.3) is 0 Å². The summed E-state index contributed by atoms with van der Waals surface area (Å²) in [5, 5.41) is 8.52. The van der Waals surface area contributed by atoms with Crippen molar-refractivity contribution >= 4 is 21.6 Å². The van der Waals surface area contributed by atoms with Crippen LogP contribution in [-0.4, -0.2) is 36.9 Å². The predicted octanol–water partition coefficient (Wildman–Crippen LogP) is 1.57. The molecule has 1 rings (SSSR count). The van der Waals surface area contributed by atoms with Gasteiger partial charge in [0, 0.05) is 24.9 Å². The van der Waals surface area contributed by atoms with Gasteiger partial charge >= 0.3 is 0 Å². The van der Waals surface area contributed by atoms with Crippen LogP contribution in [0.1, 0.15) is 26.2 Å². The van der Waals surface area contributed by atoms with Gasteiger partial charge in [0.05, 0.1) is 11.8 Å². The zero-order valence-electron chi connectivity index (χ0n) is 9.39. The van der Waals surface area contributed by atoms with E-state index in [0.29, 0.717) is 12.4 Å². The monoisotopic (exact) mass is 264 g/mol. The second kappa shape index (κ2) is 5.85. The molecule has 1 aliphatic rings. The van der Waals surface area contributed by atoms with Crippen LogP contribution in [0.3, 0.4) is 0 Å². The Bertz CT molecular complexity index is 360. The Kier molecular flexibility index (Phi) is 5.03. The van der Waals surface area contributed by atoms with Gasteiger partial charge in [0.1, 0.15) is 0 Å². The van der Waals surface area contributed by atoms with Gasteiger partial charge in [-0.25, -0.2) is 8.42 Å². The van der Waals surface area contributed by atoms with Gasteiger partial charge in [-0.05, 0) is 18.8 Å². The Labute approximate surface area is 102 Å². The van der Waals surface area contributed by atoms with Gasteiger partial charge in [0.15, 0.2) is 0 Å². The van der Waals surface area contributed by atoms with Crippen molar-refractivity contribution in [3.8, 4) is 6.07 Å². The summed E-state index contributed by atoms with van der Waals surface area (Å²) >= 11 is 5.63. The van der Waals surface area contributed by atoms with E-state index >= 15 is 0 Å². The standard InChI is InChI=1S/C10H17ClN2O2S/c1-9(7-11)8-16(14,15)13(6-2-5-12)10-3-4-10/h9-10H,2-4,6-8H2,1H3. The molecule has 0 heterocycles. The average Bonchev–Trinajstić information content (AvgIpc) is 3.01. The van der Waals surface area contributed by atoms with Crippen LogP contribution < -0.4 is 0 Å². The van der Waals surface area contributed by atoms with Crippen molar-refractivity contribution in [1.82, 2.24) is 4.31 Å². The molecule has 16 heavy (non-hydrogen) atoms. The van der Waals surface area contributed by atoms with Crippen molar-refractivity contribution in [2.45, 2.75) is 32.2 Å². The zero-order valence-corrected chi connectivity index (χ0v) is 11.0. The molecule has 92 valence electrons. The summed E-state index contributed by atoms with van der Waals surface area (Å²) in [4.78, 5) is 0. The Morgan fingerprint density at radius 2 is 2.19 bits per heavy atom. The van der Waals surface area contributed by atoms with Gasteiger partial charge in [-0.15, -0.1) is 11.6 Å². The lowest BCUT2D eigenvalue weighted by molar-refractivity contribution is 0.407. The molecule has 0 aromatic rings. The van der Waals surface area contributed by atoms with Crippen LogP contribution in [0.5, 0.6) is 0 Å². The third kappa shape index (κ3) is 3.93. The van der Waals surface area contributed by atoms with Crippen LogP contribution in [0.2, 0.25) is 0 Å². The number of nitriles is 1. The van der Waals surface area contributed by atoms with Crippen molar-refractivity contribution in [2.75, 3.05) is 18.2 Å². The van der Waals surface area contributed by atoms with Gasteiger partial charge in [-0.3, -0.25) is 0 Å². The Morgan fingerprint density at radius 3 is 2.62 bits per heavy atom. The number of nitrogens with zero attached hydrogens (tertiary/aromatic N) is 2. The van der Waals surface area contributed by atoms with E-state index in [2.05, 4.69) is 0 Å². The van der Waals surface area contributed by atoms with E-state index in [4.69, 9.17) is 16.9 Å². The number of hydrogen-bond acceptors (Lipinski definition) is 3. The number of sulfonamides is 1. The molecule has 0 N–H and O–H groups in total. The van der Waals surface area contributed by atoms with E-state index in [1.54, 1.807) is 0 Å². The maximum Gasteiger partial charge on any atom is 0.214 e. The topological polar surface area (TPSA) is 61.2 Å². The summed E-state index contributed by atoms with van der Waals surface area (Å²) in [6.45, 7) is 2.14. The highest BCUT2D eigenvalue weighted by Crippen LogP contribution is 2.30. The quantitative estimate of drug-likeness (QED) is 0.656. The molecule has 0 radical (unpaired) electrons. The molecule has 1 atom stereocenters. The van der Waals surface area contributed by atoms with E-state index in [-0.39, 0.29) is 24.1 Å². The molecule has 0 spiro atoms. The maximum absolute atomic E-state index is 12.0. The molecule has 1 aliphatic carbocycles. The Hall–Kier alpha value is -0.310. The average molecular weight is 265 g/mol. The third-order valence-electron chi connectivity index (χ3n) is 2.51. The molecular formula is C10H17ClN2O2S. The highest BCUT2D eigenvalue weighted by Gasteiger charge is 2.37. The van der Waals surface area contributed by atoms with E-state index in [9.17, 15) is 8.42 Å². The van der Waals surface area contributed by atoms with Crippen molar-refractivity contribution in [3.63, 3.8) is 0 Å². The van der Waals surface area contributed by atoms with Crippen LogP contribution in [-0.2, 0) is 10.0 Å². The largest absolute Gasteiger partial charge is 0.214 e. The summed E-state index contributed by atoms with van der Waals surface area (Å²) in [5.74, 6) is 0.379. The fourth-order valence-electron chi connectivity index (χ4n) is 1.57. The SMILES string of the molecule is CC(CCl)CS(=O)(=O)N(CCC#N)C1CC1. The summed E-state index contributed by atoms with van der Waals surface area (Å²) in [7, 11) is -3.24. The first-order chi connectivity index (χ1) is 7.51. The van der Waals surface area contributed by atoms with Crippen LogP contribution in [0.4, 0.5) is 0 Å². The lowest BCUT2D eigenvalue weighted by atomic mass is 10.3. The summed E-state index contributed by atoms with van der Waals surface area (Å²) in [6, 6.07) is 2.11. The van der Waals surface area contributed by atoms with Crippen molar-refractivity contribution in [2.24, 2.45) is 5.92 Å². The molecule has 1 fully saturated rings.